The maximum Gasteiger partial charge on any atom is 0.162 e. The number of carbonyl (C=O) groups excluding carboxylic acids is 1. The van der Waals surface area contributed by atoms with Gasteiger partial charge < -0.3 is 5.11 Å². The van der Waals surface area contributed by atoms with Crippen LogP contribution in [0.4, 0.5) is 8.78 Å². The average molecular weight is 334 g/mol. The molecule has 1 aliphatic carbocycles. The van der Waals surface area contributed by atoms with E-state index >= 15 is 0 Å². The topological polar surface area (TPSA) is 37.3 Å². The quantitative estimate of drug-likeness (QED) is 0.542. The fraction of sp³-hybridized carbons (Fsp3) is 0.450. The van der Waals surface area contributed by atoms with Crippen molar-refractivity contribution in [3.63, 3.8) is 0 Å². The lowest BCUT2D eigenvalue weighted by atomic mass is 9.87. The highest BCUT2D eigenvalue weighted by Crippen LogP contribution is 2.37. The van der Waals surface area contributed by atoms with Gasteiger partial charge in [-0.2, -0.15) is 0 Å². The normalized spacial score (nSPS) is 17.9. The van der Waals surface area contributed by atoms with Crippen LogP contribution in [0.25, 0.3) is 5.57 Å². The van der Waals surface area contributed by atoms with Crippen molar-refractivity contribution >= 4 is 11.4 Å². The number of aryl methyl sites for hydroxylation is 1. The summed E-state index contributed by atoms with van der Waals surface area (Å²) in [5.74, 6) is -1.23. The van der Waals surface area contributed by atoms with Crippen molar-refractivity contribution in [2.45, 2.75) is 46.0 Å². The number of halogens is 2. The van der Waals surface area contributed by atoms with Crippen molar-refractivity contribution in [2.75, 3.05) is 6.61 Å². The van der Waals surface area contributed by atoms with Gasteiger partial charge in [-0.15, -0.1) is 0 Å². The van der Waals surface area contributed by atoms with Gasteiger partial charge in [-0.25, -0.2) is 8.78 Å². The van der Waals surface area contributed by atoms with Gasteiger partial charge >= 0.3 is 0 Å². The Bertz CT molecular complexity index is 674. The van der Waals surface area contributed by atoms with E-state index in [9.17, 15) is 13.6 Å². The predicted molar refractivity (Wildman–Crippen MR) is 92.1 cm³/mol. The molecule has 24 heavy (non-hydrogen) atoms. The molecule has 1 N–H and O–H groups in total. The van der Waals surface area contributed by atoms with Crippen molar-refractivity contribution in [1.82, 2.24) is 0 Å². The summed E-state index contributed by atoms with van der Waals surface area (Å²) in [7, 11) is 0. The largest absolute Gasteiger partial charge is 0.396 e. The van der Waals surface area contributed by atoms with Crippen LogP contribution in [0.2, 0.25) is 0 Å². The highest BCUT2D eigenvalue weighted by atomic mass is 19.1. The zero-order valence-electron chi connectivity index (χ0n) is 14.2. The van der Waals surface area contributed by atoms with Crippen molar-refractivity contribution in [3.05, 3.63) is 52.6 Å². The first-order chi connectivity index (χ1) is 11.4. The van der Waals surface area contributed by atoms with Crippen molar-refractivity contribution in [3.8, 4) is 0 Å². The lowest BCUT2D eigenvalue weighted by Gasteiger charge is -2.20. The number of aliphatic hydroxyl groups is 1. The fourth-order valence-corrected chi connectivity index (χ4v) is 2.98. The van der Waals surface area contributed by atoms with E-state index in [0.717, 1.165) is 30.0 Å². The Kier molecular flexibility index (Phi) is 6.44. The molecule has 1 aromatic rings. The van der Waals surface area contributed by atoms with Crippen LogP contribution >= 0.6 is 0 Å². The second kappa shape index (κ2) is 8.34. The van der Waals surface area contributed by atoms with E-state index in [0.29, 0.717) is 30.4 Å². The zero-order valence-corrected chi connectivity index (χ0v) is 14.2. The van der Waals surface area contributed by atoms with E-state index in [1.165, 1.54) is 0 Å². The molecule has 0 amide bonds. The number of allylic oxidation sites excluding steroid dienone is 4. The molecule has 0 saturated carbocycles. The summed E-state index contributed by atoms with van der Waals surface area (Å²) < 4.78 is 27.6. The van der Waals surface area contributed by atoms with E-state index in [4.69, 9.17) is 5.11 Å². The molecule has 1 aromatic carbocycles. The second-order valence-electron chi connectivity index (χ2n) is 6.45. The Morgan fingerprint density at radius 2 is 2.00 bits per heavy atom. The molecule has 0 aliphatic heterocycles. The lowest BCUT2D eigenvalue weighted by Crippen LogP contribution is -2.06. The van der Waals surface area contributed by atoms with Crippen LogP contribution in [-0.2, 0) is 0 Å². The summed E-state index contributed by atoms with van der Waals surface area (Å²) >= 11 is 0. The first kappa shape index (κ1) is 18.5. The molecule has 0 spiro atoms. The molecular weight excluding hydrogens is 310 g/mol. The Morgan fingerprint density at radius 1 is 1.25 bits per heavy atom. The molecule has 130 valence electrons. The minimum absolute atomic E-state index is 0.0555. The molecule has 1 atom stereocenters. The number of ketones is 1. The van der Waals surface area contributed by atoms with Gasteiger partial charge in [0.2, 0.25) is 0 Å². The summed E-state index contributed by atoms with van der Waals surface area (Å²) in [4.78, 5) is 12.2. The number of Topliss-reactive ketones (excluding diaryl/α,β-unsaturated/α-hetero) is 1. The average Bonchev–Trinajstić information content (AvgIpc) is 2.55. The van der Waals surface area contributed by atoms with E-state index < -0.39 is 11.7 Å². The van der Waals surface area contributed by atoms with Gasteiger partial charge in [0, 0.05) is 30.6 Å². The molecule has 0 radical (unpaired) electrons. The summed E-state index contributed by atoms with van der Waals surface area (Å²) in [6.07, 6.45) is 4.02. The lowest BCUT2D eigenvalue weighted by molar-refractivity contribution is 0.0978. The molecule has 2 nitrogen and oxygen atoms in total. The van der Waals surface area contributed by atoms with Gasteiger partial charge in [0.1, 0.15) is 11.7 Å². The molecule has 0 heterocycles. The number of rotatable bonds is 7. The third-order valence-electron chi connectivity index (χ3n) is 4.47. The van der Waals surface area contributed by atoms with Crippen LogP contribution in [-0.4, -0.2) is 17.5 Å². The molecule has 0 bridgehead atoms. The Morgan fingerprint density at radius 3 is 2.67 bits per heavy atom. The van der Waals surface area contributed by atoms with Crippen LogP contribution in [0, 0.1) is 12.8 Å². The van der Waals surface area contributed by atoms with Crippen molar-refractivity contribution in [1.29, 1.82) is 0 Å². The van der Waals surface area contributed by atoms with E-state index in [-0.39, 0.29) is 18.3 Å². The van der Waals surface area contributed by atoms with Crippen LogP contribution in [0.3, 0.4) is 0 Å². The van der Waals surface area contributed by atoms with Gasteiger partial charge in [-0.3, -0.25) is 4.79 Å². The van der Waals surface area contributed by atoms with Gasteiger partial charge in [0.25, 0.3) is 0 Å². The summed E-state index contributed by atoms with van der Waals surface area (Å²) in [5, 5.41) is 8.75. The van der Waals surface area contributed by atoms with Gasteiger partial charge in [-0.1, -0.05) is 25.5 Å². The summed E-state index contributed by atoms with van der Waals surface area (Å²) in [6, 6.07) is 5.26. The first-order valence-electron chi connectivity index (χ1n) is 8.45. The number of aliphatic hydroxyl groups excluding tert-OH is 1. The van der Waals surface area contributed by atoms with Crippen molar-refractivity contribution in [2.24, 2.45) is 5.92 Å². The third kappa shape index (κ3) is 4.38. The standard InChI is InChI=1S/C20H24F2O2/c1-13-10-15(20(24)6-4-3-5-9-23)7-8-16(13)17-11-14(2)18(21)12-19(17)22/h7-8,10,12,14,23H,3-6,9,11H2,1-2H3/t14-/m0/s1. The molecule has 0 aromatic heterocycles. The van der Waals surface area contributed by atoms with Gasteiger partial charge in [0.15, 0.2) is 5.78 Å². The maximum absolute atomic E-state index is 14.1. The molecule has 0 saturated heterocycles. The predicted octanol–water partition coefficient (Wildman–Crippen LogP) is 5.30. The van der Waals surface area contributed by atoms with E-state index in [2.05, 4.69) is 0 Å². The molecule has 4 heteroatoms. The van der Waals surface area contributed by atoms with Crippen LogP contribution < -0.4 is 0 Å². The number of hydrogen-bond acceptors (Lipinski definition) is 2. The maximum atomic E-state index is 14.1. The Labute approximate surface area is 141 Å². The Hall–Kier alpha value is -1.81. The van der Waals surface area contributed by atoms with Gasteiger partial charge in [0.05, 0.1) is 0 Å². The van der Waals surface area contributed by atoms with E-state index in [1.54, 1.807) is 25.1 Å². The zero-order chi connectivity index (χ0) is 17.7. The summed E-state index contributed by atoms with van der Waals surface area (Å²) in [5.41, 5.74) is 2.68. The monoisotopic (exact) mass is 334 g/mol. The number of hydrogen-bond donors (Lipinski definition) is 1. The first-order valence-corrected chi connectivity index (χ1v) is 8.45. The second-order valence-corrected chi connectivity index (χ2v) is 6.45. The van der Waals surface area contributed by atoms with Crippen molar-refractivity contribution < 1.29 is 18.7 Å². The molecular formula is C20H24F2O2. The minimum Gasteiger partial charge on any atom is -0.396 e. The molecule has 0 unspecified atom stereocenters. The highest BCUT2D eigenvalue weighted by molar-refractivity contribution is 5.96. The van der Waals surface area contributed by atoms with Crippen LogP contribution in [0.5, 0.6) is 0 Å². The summed E-state index contributed by atoms with van der Waals surface area (Å²) in [6.45, 7) is 3.73. The number of unbranched alkanes of at least 4 members (excludes halogenated alkanes) is 2. The smallest absolute Gasteiger partial charge is 0.162 e. The number of carbonyl (C=O) groups is 1. The number of benzene rings is 1. The third-order valence-corrected chi connectivity index (χ3v) is 4.47. The molecule has 1 aliphatic rings. The van der Waals surface area contributed by atoms with E-state index in [1.807, 2.05) is 6.92 Å². The van der Waals surface area contributed by atoms with Gasteiger partial charge in [-0.05, 0) is 49.0 Å². The van der Waals surface area contributed by atoms with Crippen LogP contribution in [0.1, 0.15) is 60.5 Å². The fourth-order valence-electron chi connectivity index (χ4n) is 2.98. The molecule has 0 fully saturated rings. The SMILES string of the molecule is Cc1cc(C(=O)CCCCCO)ccc1C1=C(F)C=C(F)[C@@H](C)C1. The Balaban J connectivity index is 2.16. The highest BCUT2D eigenvalue weighted by Gasteiger charge is 2.22. The molecule has 2 rings (SSSR count). The minimum atomic E-state index is -0.531. The van der Waals surface area contributed by atoms with Crippen LogP contribution in [0.15, 0.2) is 35.9 Å².